The van der Waals surface area contributed by atoms with Crippen LogP contribution >= 0.6 is 0 Å². The van der Waals surface area contributed by atoms with Crippen molar-refractivity contribution in [2.75, 3.05) is 11.9 Å². The number of rotatable bonds is 7. The van der Waals surface area contributed by atoms with E-state index >= 15 is 0 Å². The highest BCUT2D eigenvalue weighted by Gasteiger charge is 2.30. The maximum atomic E-state index is 12.7. The monoisotopic (exact) mass is 457 g/mol. The third kappa shape index (κ3) is 6.06. The first-order valence-corrected chi connectivity index (χ1v) is 10.5. The molecule has 7 heteroatoms. The second-order valence-corrected chi connectivity index (χ2v) is 7.78. The van der Waals surface area contributed by atoms with E-state index < -0.39 is 17.6 Å². The normalized spacial score (nSPS) is 11.2. The first-order valence-electron chi connectivity index (χ1n) is 10.5. The van der Waals surface area contributed by atoms with Crippen molar-refractivity contribution in [1.82, 2.24) is 0 Å². The van der Waals surface area contributed by atoms with E-state index in [1.54, 1.807) is 18.2 Å². The summed E-state index contributed by atoms with van der Waals surface area (Å²) in [6.07, 6.45) is -4.43. The molecular formula is C26H26F3NO3. The topological polar surface area (TPSA) is 47.6 Å². The molecular weight excluding hydrogens is 431 g/mol. The van der Waals surface area contributed by atoms with Crippen LogP contribution in [-0.2, 0) is 12.8 Å². The minimum absolute atomic E-state index is 0.195. The van der Waals surface area contributed by atoms with E-state index in [4.69, 9.17) is 9.47 Å². The Morgan fingerprint density at radius 2 is 1.61 bits per heavy atom. The highest BCUT2D eigenvalue weighted by molar-refractivity contribution is 6.04. The molecule has 0 radical (unpaired) electrons. The Balaban J connectivity index is 1.80. The molecule has 33 heavy (non-hydrogen) atoms. The van der Waals surface area contributed by atoms with Crippen LogP contribution in [0.4, 0.5) is 18.9 Å². The lowest BCUT2D eigenvalue weighted by molar-refractivity contribution is -0.137. The average molecular weight is 457 g/mol. The summed E-state index contributed by atoms with van der Waals surface area (Å²) in [5, 5.41) is 2.63. The van der Waals surface area contributed by atoms with Crippen molar-refractivity contribution in [1.29, 1.82) is 0 Å². The summed E-state index contributed by atoms with van der Waals surface area (Å²) >= 11 is 0. The average Bonchev–Trinajstić information content (AvgIpc) is 2.76. The zero-order valence-corrected chi connectivity index (χ0v) is 19.0. The molecule has 0 saturated heterocycles. The summed E-state index contributed by atoms with van der Waals surface area (Å²) in [5.41, 5.74) is 3.77. The van der Waals surface area contributed by atoms with Crippen molar-refractivity contribution < 1.29 is 27.4 Å². The molecule has 3 aromatic carbocycles. The van der Waals surface area contributed by atoms with Gasteiger partial charge in [-0.3, -0.25) is 4.79 Å². The highest BCUT2D eigenvalue weighted by atomic mass is 19.4. The van der Waals surface area contributed by atoms with Crippen LogP contribution < -0.4 is 14.8 Å². The molecule has 0 fully saturated rings. The minimum Gasteiger partial charge on any atom is -0.493 e. The summed E-state index contributed by atoms with van der Waals surface area (Å²) in [5.74, 6) is 0.918. The fourth-order valence-corrected chi connectivity index (χ4v) is 3.38. The molecule has 0 heterocycles. The van der Waals surface area contributed by atoms with Crippen molar-refractivity contribution in [2.24, 2.45) is 0 Å². The Labute approximate surface area is 191 Å². The van der Waals surface area contributed by atoms with Crippen LogP contribution in [0.1, 0.15) is 45.1 Å². The quantitative estimate of drug-likeness (QED) is 0.422. The van der Waals surface area contributed by atoms with Gasteiger partial charge in [-0.2, -0.15) is 13.2 Å². The molecule has 0 bridgehead atoms. The molecule has 0 aromatic heterocycles. The number of carbonyl (C=O) groups is 1. The number of aryl methyl sites for hydroxylation is 2. The molecule has 0 spiro atoms. The lowest BCUT2D eigenvalue weighted by atomic mass is 10.1. The number of hydrogen-bond acceptors (Lipinski definition) is 3. The van der Waals surface area contributed by atoms with Gasteiger partial charge in [0.2, 0.25) is 0 Å². The van der Waals surface area contributed by atoms with Crippen molar-refractivity contribution in [3.63, 3.8) is 0 Å². The van der Waals surface area contributed by atoms with E-state index in [1.807, 2.05) is 33.8 Å². The standard InChI is InChI=1S/C26H26F3NO3/c1-5-32-23-11-6-19(25(31)30-22-9-7-21(8-10-22)26(27,28)29)14-20(23)15-33-24-13-16(2)12-17(3)18(24)4/h6-14H,5,15H2,1-4H3,(H,30,31). The van der Waals surface area contributed by atoms with Gasteiger partial charge in [-0.1, -0.05) is 6.07 Å². The summed E-state index contributed by atoms with van der Waals surface area (Å²) in [7, 11) is 0. The molecule has 3 rings (SSSR count). The second kappa shape index (κ2) is 9.98. The van der Waals surface area contributed by atoms with Gasteiger partial charge in [0.05, 0.1) is 12.2 Å². The molecule has 174 valence electrons. The Morgan fingerprint density at radius 3 is 2.24 bits per heavy atom. The molecule has 4 nitrogen and oxygen atoms in total. The summed E-state index contributed by atoms with van der Waals surface area (Å²) in [6, 6.07) is 13.3. The predicted octanol–water partition coefficient (Wildman–Crippen LogP) is 6.86. The fraction of sp³-hybridized carbons (Fsp3) is 0.269. The van der Waals surface area contributed by atoms with Crippen molar-refractivity contribution in [3.8, 4) is 11.5 Å². The summed E-state index contributed by atoms with van der Waals surface area (Å²) < 4.78 is 50.0. The second-order valence-electron chi connectivity index (χ2n) is 7.78. The highest BCUT2D eigenvalue weighted by Crippen LogP contribution is 2.30. The first kappa shape index (κ1) is 24.2. The van der Waals surface area contributed by atoms with Crippen LogP contribution in [0.5, 0.6) is 11.5 Å². The maximum Gasteiger partial charge on any atom is 0.416 e. The van der Waals surface area contributed by atoms with Gasteiger partial charge < -0.3 is 14.8 Å². The molecule has 1 amide bonds. The van der Waals surface area contributed by atoms with Gasteiger partial charge in [-0.25, -0.2) is 0 Å². The van der Waals surface area contributed by atoms with Crippen molar-refractivity contribution in [3.05, 3.63) is 88.0 Å². The SMILES string of the molecule is CCOc1ccc(C(=O)Nc2ccc(C(F)(F)F)cc2)cc1COc1cc(C)cc(C)c1C. The molecule has 3 aromatic rings. The Morgan fingerprint density at radius 1 is 0.909 bits per heavy atom. The number of carbonyl (C=O) groups excluding carboxylic acids is 1. The van der Waals surface area contributed by atoms with E-state index in [2.05, 4.69) is 11.4 Å². The maximum absolute atomic E-state index is 12.7. The van der Waals surface area contributed by atoms with E-state index in [9.17, 15) is 18.0 Å². The van der Waals surface area contributed by atoms with Gasteiger partial charge in [0, 0.05) is 16.8 Å². The van der Waals surface area contributed by atoms with E-state index in [1.165, 1.54) is 12.1 Å². The van der Waals surface area contributed by atoms with Crippen LogP contribution in [0.25, 0.3) is 0 Å². The molecule has 0 aliphatic heterocycles. The van der Waals surface area contributed by atoms with Gasteiger partial charge in [0.1, 0.15) is 18.1 Å². The largest absolute Gasteiger partial charge is 0.493 e. The van der Waals surface area contributed by atoms with E-state index in [-0.39, 0.29) is 12.3 Å². The first-order chi connectivity index (χ1) is 15.6. The van der Waals surface area contributed by atoms with Gasteiger partial charge in [0.25, 0.3) is 5.91 Å². The van der Waals surface area contributed by atoms with Crippen LogP contribution in [-0.4, -0.2) is 12.5 Å². The zero-order valence-electron chi connectivity index (χ0n) is 19.0. The Hall–Kier alpha value is -3.48. The van der Waals surface area contributed by atoms with Crippen LogP contribution in [0.3, 0.4) is 0 Å². The van der Waals surface area contributed by atoms with Gasteiger partial charge >= 0.3 is 6.18 Å². The van der Waals surface area contributed by atoms with Gasteiger partial charge in [-0.05, 0) is 92.9 Å². The molecule has 0 unspecified atom stereocenters. The van der Waals surface area contributed by atoms with Crippen LogP contribution in [0, 0.1) is 20.8 Å². The van der Waals surface area contributed by atoms with Crippen LogP contribution in [0.2, 0.25) is 0 Å². The van der Waals surface area contributed by atoms with Crippen LogP contribution in [0.15, 0.2) is 54.6 Å². The molecule has 0 aliphatic carbocycles. The lowest BCUT2D eigenvalue weighted by Gasteiger charge is -2.16. The van der Waals surface area contributed by atoms with Crippen molar-refractivity contribution in [2.45, 2.75) is 40.5 Å². The van der Waals surface area contributed by atoms with E-state index in [0.29, 0.717) is 23.5 Å². The van der Waals surface area contributed by atoms with Crippen molar-refractivity contribution >= 4 is 11.6 Å². The number of amides is 1. The van der Waals surface area contributed by atoms with Gasteiger partial charge in [0.15, 0.2) is 0 Å². The number of halogens is 3. The zero-order chi connectivity index (χ0) is 24.2. The number of benzene rings is 3. The summed E-state index contributed by atoms with van der Waals surface area (Å²) in [4.78, 5) is 12.7. The van der Waals surface area contributed by atoms with Gasteiger partial charge in [-0.15, -0.1) is 0 Å². The van der Waals surface area contributed by atoms with E-state index in [0.717, 1.165) is 34.6 Å². The number of hydrogen-bond donors (Lipinski definition) is 1. The molecule has 0 aliphatic rings. The summed E-state index contributed by atoms with van der Waals surface area (Å²) in [6.45, 7) is 8.52. The number of ether oxygens (including phenoxy) is 2. The Kier molecular flexibility index (Phi) is 7.31. The number of anilines is 1. The smallest absolute Gasteiger partial charge is 0.416 e. The minimum atomic E-state index is -4.43. The third-order valence-corrected chi connectivity index (χ3v) is 5.24. The fourth-order valence-electron chi connectivity index (χ4n) is 3.38. The molecule has 0 atom stereocenters. The number of nitrogens with one attached hydrogen (secondary N) is 1. The molecule has 1 N–H and O–H groups in total. The molecule has 0 saturated carbocycles. The number of alkyl halides is 3. The predicted molar refractivity (Wildman–Crippen MR) is 122 cm³/mol. The Bertz CT molecular complexity index is 1140. The third-order valence-electron chi connectivity index (χ3n) is 5.24. The lowest BCUT2D eigenvalue weighted by Crippen LogP contribution is -2.13.